The predicted molar refractivity (Wildman–Crippen MR) is 95.1 cm³/mol. The average molecular weight is 331 g/mol. The molecule has 0 aliphatic carbocycles. The van der Waals surface area contributed by atoms with Crippen LogP contribution in [0.1, 0.15) is 5.56 Å². The first kappa shape index (κ1) is 15.1. The van der Waals surface area contributed by atoms with Gasteiger partial charge in [-0.3, -0.25) is 4.98 Å². The molecule has 0 radical (unpaired) electrons. The lowest BCUT2D eigenvalue weighted by Gasteiger charge is -2.10. The molecule has 2 aromatic carbocycles. The van der Waals surface area contributed by atoms with Gasteiger partial charge in [-0.05, 0) is 55.0 Å². The number of nitrogens with two attached hydrogens (primary N) is 1. The van der Waals surface area contributed by atoms with Crippen molar-refractivity contribution in [2.45, 2.75) is 6.92 Å². The number of anilines is 1. The quantitative estimate of drug-likeness (QED) is 0.605. The van der Waals surface area contributed by atoms with Crippen LogP contribution < -0.4 is 5.73 Å². The number of halogens is 1. The van der Waals surface area contributed by atoms with Gasteiger partial charge in [-0.1, -0.05) is 6.07 Å². The number of rotatable bonds is 2. The Balaban J connectivity index is 1.95. The Morgan fingerprint density at radius 2 is 1.72 bits per heavy atom. The van der Waals surface area contributed by atoms with Crippen LogP contribution in [-0.4, -0.2) is 20.2 Å². The Labute approximate surface area is 143 Å². The number of pyridine rings is 1. The van der Waals surface area contributed by atoms with Crippen molar-refractivity contribution >= 4 is 16.9 Å². The highest BCUT2D eigenvalue weighted by molar-refractivity contribution is 5.89. The molecule has 0 unspecified atom stereocenters. The molecule has 0 aliphatic rings. The van der Waals surface area contributed by atoms with Gasteiger partial charge in [0.25, 0.3) is 0 Å². The molecule has 122 valence electrons. The molecule has 2 heterocycles. The lowest BCUT2D eigenvalue weighted by atomic mass is 10.00. The fourth-order valence-electron chi connectivity index (χ4n) is 2.85. The molecule has 0 atom stereocenters. The third kappa shape index (κ3) is 2.78. The van der Waals surface area contributed by atoms with Crippen molar-refractivity contribution in [3.63, 3.8) is 0 Å². The van der Waals surface area contributed by atoms with E-state index in [1.165, 1.54) is 12.1 Å². The Hall–Kier alpha value is -3.41. The van der Waals surface area contributed by atoms with E-state index in [9.17, 15) is 4.39 Å². The third-order valence-electron chi connectivity index (χ3n) is 3.99. The van der Waals surface area contributed by atoms with Crippen LogP contribution in [0.25, 0.3) is 33.4 Å². The second-order valence-electron chi connectivity index (χ2n) is 5.74. The number of benzene rings is 2. The summed E-state index contributed by atoms with van der Waals surface area (Å²) in [7, 11) is 0. The van der Waals surface area contributed by atoms with Crippen LogP contribution in [0, 0.1) is 12.7 Å². The number of fused-ring (bicyclic) bond motifs is 1. The minimum atomic E-state index is -0.312. The van der Waals surface area contributed by atoms with E-state index >= 15 is 0 Å². The molecule has 2 aromatic heterocycles. The highest BCUT2D eigenvalue weighted by atomic mass is 19.1. The van der Waals surface area contributed by atoms with Gasteiger partial charge in [0.2, 0.25) is 5.95 Å². The van der Waals surface area contributed by atoms with Crippen LogP contribution in [0.15, 0.2) is 54.7 Å². The largest absolute Gasteiger partial charge is 0.366 e. The van der Waals surface area contributed by atoms with Crippen LogP contribution in [0.5, 0.6) is 0 Å². The van der Waals surface area contributed by atoms with Crippen molar-refractivity contribution in [3.8, 4) is 22.5 Å². The highest BCUT2D eigenvalue weighted by Crippen LogP contribution is 2.31. The Kier molecular flexibility index (Phi) is 3.57. The molecule has 6 heteroatoms. The van der Waals surface area contributed by atoms with E-state index in [0.717, 1.165) is 27.6 Å². The molecule has 4 rings (SSSR count). The molecule has 0 fully saturated rings. The summed E-state index contributed by atoms with van der Waals surface area (Å²) in [6, 6.07) is 13.9. The maximum absolute atomic E-state index is 13.3. The number of aryl methyl sites for hydroxylation is 1. The normalized spacial score (nSPS) is 11.0. The minimum absolute atomic E-state index is 0.0715. The second-order valence-corrected chi connectivity index (χ2v) is 5.74. The first-order chi connectivity index (χ1) is 12.1. The molecule has 0 amide bonds. The lowest BCUT2D eigenvalue weighted by Crippen LogP contribution is -2.02. The van der Waals surface area contributed by atoms with E-state index in [1.807, 2.05) is 31.2 Å². The summed E-state index contributed by atoms with van der Waals surface area (Å²) in [4.78, 5) is 8.73. The highest BCUT2D eigenvalue weighted by Gasteiger charge is 2.14. The van der Waals surface area contributed by atoms with Crippen LogP contribution in [-0.2, 0) is 0 Å². The summed E-state index contributed by atoms with van der Waals surface area (Å²) in [5.74, 6) is -0.241. The zero-order valence-electron chi connectivity index (χ0n) is 13.4. The van der Waals surface area contributed by atoms with Crippen LogP contribution in [0.4, 0.5) is 10.3 Å². The summed E-state index contributed by atoms with van der Waals surface area (Å²) in [6.07, 6.45) is 1.77. The molecule has 2 N–H and O–H groups in total. The first-order valence-electron chi connectivity index (χ1n) is 7.74. The molecular weight excluding hydrogens is 317 g/mol. The monoisotopic (exact) mass is 331 g/mol. The summed E-state index contributed by atoms with van der Waals surface area (Å²) in [5.41, 5.74) is 10.4. The third-order valence-corrected chi connectivity index (χ3v) is 3.99. The Bertz CT molecular complexity index is 1080. The van der Waals surface area contributed by atoms with Crippen molar-refractivity contribution in [2.24, 2.45) is 0 Å². The molecule has 0 saturated heterocycles. The predicted octanol–water partition coefficient (Wildman–Crippen LogP) is 3.78. The summed E-state index contributed by atoms with van der Waals surface area (Å²) in [5, 5.41) is 9.14. The van der Waals surface area contributed by atoms with E-state index in [-0.39, 0.29) is 11.8 Å². The van der Waals surface area contributed by atoms with Crippen molar-refractivity contribution in [1.29, 1.82) is 0 Å². The number of aromatic nitrogens is 4. The number of hydrogen-bond donors (Lipinski definition) is 1. The van der Waals surface area contributed by atoms with Crippen LogP contribution in [0.3, 0.4) is 0 Å². The van der Waals surface area contributed by atoms with Gasteiger partial charge in [0.05, 0.1) is 5.52 Å². The van der Waals surface area contributed by atoms with E-state index < -0.39 is 0 Å². The van der Waals surface area contributed by atoms with Gasteiger partial charge in [-0.25, -0.2) is 9.37 Å². The Morgan fingerprint density at radius 1 is 0.920 bits per heavy atom. The van der Waals surface area contributed by atoms with E-state index in [1.54, 1.807) is 18.3 Å². The Morgan fingerprint density at radius 3 is 2.52 bits per heavy atom. The lowest BCUT2D eigenvalue weighted by molar-refractivity contribution is 0.628. The number of nitrogens with zero attached hydrogens (tertiary/aromatic N) is 4. The second kappa shape index (κ2) is 5.90. The maximum Gasteiger partial charge on any atom is 0.240 e. The number of hydrogen-bond acceptors (Lipinski definition) is 5. The van der Waals surface area contributed by atoms with Gasteiger partial charge < -0.3 is 5.73 Å². The van der Waals surface area contributed by atoms with Gasteiger partial charge in [-0.2, -0.15) is 0 Å². The zero-order chi connectivity index (χ0) is 17.4. The van der Waals surface area contributed by atoms with Crippen molar-refractivity contribution < 1.29 is 4.39 Å². The molecule has 5 nitrogen and oxygen atoms in total. The molecular formula is C19H14FN5. The summed E-state index contributed by atoms with van der Waals surface area (Å²) >= 11 is 0. The fraction of sp³-hybridized carbons (Fsp3) is 0.0526. The van der Waals surface area contributed by atoms with Gasteiger partial charge >= 0.3 is 0 Å². The maximum atomic E-state index is 13.3. The standard InChI is InChI=1S/C19H14FN5/c1-11-9-14(10-13-3-2-8-22-16(11)13)18-17(23-19(21)25-24-18)12-4-6-15(20)7-5-12/h2-10H,1H3,(H2,21,23,25). The van der Waals surface area contributed by atoms with Gasteiger partial charge in [-0.15, -0.1) is 10.2 Å². The van der Waals surface area contributed by atoms with E-state index in [0.29, 0.717) is 11.4 Å². The van der Waals surface area contributed by atoms with Gasteiger partial charge in [0.1, 0.15) is 17.2 Å². The molecule has 4 aromatic rings. The SMILES string of the molecule is Cc1cc(-c2nnc(N)nc2-c2ccc(F)cc2)cc2cccnc12. The topological polar surface area (TPSA) is 77.6 Å². The number of nitrogen functional groups attached to an aromatic ring is 1. The van der Waals surface area contributed by atoms with Gasteiger partial charge in [0.15, 0.2) is 0 Å². The summed E-state index contributed by atoms with van der Waals surface area (Å²) in [6.45, 7) is 1.99. The smallest absolute Gasteiger partial charge is 0.240 e. The molecule has 0 bridgehead atoms. The van der Waals surface area contributed by atoms with E-state index in [4.69, 9.17) is 5.73 Å². The van der Waals surface area contributed by atoms with Crippen molar-refractivity contribution in [3.05, 3.63) is 66.1 Å². The van der Waals surface area contributed by atoms with Crippen LogP contribution >= 0.6 is 0 Å². The average Bonchev–Trinajstić information content (AvgIpc) is 2.62. The van der Waals surface area contributed by atoms with Crippen molar-refractivity contribution in [1.82, 2.24) is 20.2 Å². The van der Waals surface area contributed by atoms with Crippen LogP contribution in [0.2, 0.25) is 0 Å². The van der Waals surface area contributed by atoms with Crippen molar-refractivity contribution in [2.75, 3.05) is 5.73 Å². The van der Waals surface area contributed by atoms with Gasteiger partial charge in [0, 0.05) is 22.7 Å². The molecule has 0 spiro atoms. The molecule has 0 saturated carbocycles. The molecule has 25 heavy (non-hydrogen) atoms. The fourth-order valence-corrected chi connectivity index (χ4v) is 2.85. The molecule has 0 aliphatic heterocycles. The zero-order valence-corrected chi connectivity index (χ0v) is 13.4. The first-order valence-corrected chi connectivity index (χ1v) is 7.74. The minimum Gasteiger partial charge on any atom is -0.366 e. The van der Waals surface area contributed by atoms with E-state index in [2.05, 4.69) is 20.2 Å². The summed E-state index contributed by atoms with van der Waals surface area (Å²) < 4.78 is 13.3.